The van der Waals surface area contributed by atoms with Crippen molar-refractivity contribution in [2.24, 2.45) is 0 Å². The Bertz CT molecular complexity index is 354. The lowest BCUT2D eigenvalue weighted by Gasteiger charge is -2.20. The number of hydrogen-bond donors (Lipinski definition) is 1. The number of ether oxygens (including phenoxy) is 1. The maximum absolute atomic E-state index is 11.0. The van der Waals surface area contributed by atoms with Gasteiger partial charge in [-0.05, 0) is 18.7 Å². The first-order valence-electron chi connectivity index (χ1n) is 4.19. The van der Waals surface area contributed by atoms with Gasteiger partial charge in [0.05, 0.1) is 6.61 Å². The van der Waals surface area contributed by atoms with Crippen LogP contribution < -0.4 is 0 Å². The fourth-order valence-corrected chi connectivity index (χ4v) is 1.82. The molecule has 0 amide bonds. The Hall–Kier alpha value is -1.08. The zero-order valence-corrected chi connectivity index (χ0v) is 9.50. The third-order valence-corrected chi connectivity index (χ3v) is 2.77. The van der Waals surface area contributed by atoms with Crippen molar-refractivity contribution in [3.63, 3.8) is 0 Å². The normalized spacial score (nSPS) is 14.9. The number of methoxy groups -OCH3 is 1. The van der Waals surface area contributed by atoms with E-state index in [4.69, 9.17) is 14.3 Å². The number of aromatic nitrogens is 2. The van der Waals surface area contributed by atoms with Crippen molar-refractivity contribution in [1.29, 1.82) is 0 Å². The molecule has 0 aliphatic heterocycles. The highest BCUT2D eigenvalue weighted by Gasteiger charge is 2.36. The van der Waals surface area contributed by atoms with E-state index in [9.17, 15) is 4.79 Å². The molecule has 0 radical (unpaired) electrons. The molecule has 0 saturated carbocycles. The van der Waals surface area contributed by atoms with E-state index in [1.165, 1.54) is 7.11 Å². The predicted octanol–water partition coefficient (Wildman–Crippen LogP) is 0.960. The second-order valence-electron chi connectivity index (χ2n) is 3.16. The molecule has 0 saturated heterocycles. The molecule has 0 aliphatic carbocycles. The SMILES string of the molecule is COCC(C)(Sc1nnc(C)o1)C(=O)O. The summed E-state index contributed by atoms with van der Waals surface area (Å²) in [5.41, 5.74) is 0. The van der Waals surface area contributed by atoms with E-state index in [0.29, 0.717) is 5.89 Å². The van der Waals surface area contributed by atoms with Crippen LogP contribution in [0.2, 0.25) is 0 Å². The Labute approximate surface area is 91.0 Å². The van der Waals surface area contributed by atoms with Crippen LogP contribution >= 0.6 is 11.8 Å². The van der Waals surface area contributed by atoms with Crippen molar-refractivity contribution in [3.05, 3.63) is 5.89 Å². The summed E-state index contributed by atoms with van der Waals surface area (Å²) in [6.45, 7) is 3.25. The zero-order chi connectivity index (χ0) is 11.5. The number of carboxylic acid groups (broad SMARTS) is 1. The van der Waals surface area contributed by atoms with Gasteiger partial charge in [0.25, 0.3) is 5.22 Å². The largest absolute Gasteiger partial charge is 0.480 e. The summed E-state index contributed by atoms with van der Waals surface area (Å²) in [5.74, 6) is -0.576. The zero-order valence-electron chi connectivity index (χ0n) is 8.68. The molecule has 0 spiro atoms. The Morgan fingerprint density at radius 3 is 2.73 bits per heavy atom. The summed E-state index contributed by atoms with van der Waals surface area (Å²) in [5, 5.41) is 16.6. The van der Waals surface area contributed by atoms with E-state index in [-0.39, 0.29) is 11.8 Å². The van der Waals surface area contributed by atoms with Crippen LogP contribution in [-0.4, -0.2) is 39.7 Å². The topological polar surface area (TPSA) is 85.5 Å². The molecule has 0 bridgehead atoms. The van der Waals surface area contributed by atoms with Crippen LogP contribution in [0.15, 0.2) is 9.64 Å². The molecule has 0 aliphatic rings. The maximum atomic E-state index is 11.0. The molecule has 1 heterocycles. The van der Waals surface area contributed by atoms with Crippen molar-refractivity contribution < 1.29 is 19.1 Å². The first-order valence-corrected chi connectivity index (χ1v) is 5.01. The predicted molar refractivity (Wildman–Crippen MR) is 52.8 cm³/mol. The molecule has 1 rings (SSSR count). The Morgan fingerprint density at radius 1 is 1.67 bits per heavy atom. The van der Waals surface area contributed by atoms with Gasteiger partial charge >= 0.3 is 5.97 Å². The van der Waals surface area contributed by atoms with Crippen molar-refractivity contribution in [2.75, 3.05) is 13.7 Å². The van der Waals surface area contributed by atoms with Crippen LogP contribution in [0.3, 0.4) is 0 Å². The van der Waals surface area contributed by atoms with Gasteiger partial charge in [0, 0.05) is 14.0 Å². The number of hydrogen-bond acceptors (Lipinski definition) is 6. The van der Waals surface area contributed by atoms with Gasteiger partial charge in [-0.3, -0.25) is 4.79 Å². The standard InChI is InChI=1S/C8H12N2O4S/c1-5-9-10-7(14-5)15-8(2,4-13-3)6(11)12/h4H2,1-3H3,(H,11,12). The maximum Gasteiger partial charge on any atom is 0.322 e. The summed E-state index contributed by atoms with van der Waals surface area (Å²) in [6.07, 6.45) is 0. The number of carboxylic acids is 1. The van der Waals surface area contributed by atoms with Crippen LogP contribution in [0.4, 0.5) is 0 Å². The minimum atomic E-state index is -1.12. The first-order chi connectivity index (χ1) is 6.98. The van der Waals surface area contributed by atoms with Gasteiger partial charge < -0.3 is 14.3 Å². The van der Waals surface area contributed by atoms with Gasteiger partial charge in [-0.25, -0.2) is 0 Å². The molecule has 0 fully saturated rings. The Morgan fingerprint density at radius 2 is 2.33 bits per heavy atom. The number of rotatable bonds is 5. The van der Waals surface area contributed by atoms with E-state index in [1.807, 2.05) is 0 Å². The molecule has 1 atom stereocenters. The van der Waals surface area contributed by atoms with Crippen molar-refractivity contribution >= 4 is 17.7 Å². The number of thioether (sulfide) groups is 1. The lowest BCUT2D eigenvalue weighted by molar-refractivity contribution is -0.140. The van der Waals surface area contributed by atoms with E-state index >= 15 is 0 Å². The first kappa shape index (κ1) is 12.0. The van der Waals surface area contributed by atoms with Gasteiger partial charge in [-0.1, -0.05) is 0 Å². The average Bonchev–Trinajstić information content (AvgIpc) is 2.51. The monoisotopic (exact) mass is 232 g/mol. The number of aryl methyl sites for hydroxylation is 1. The fraction of sp³-hybridized carbons (Fsp3) is 0.625. The summed E-state index contributed by atoms with van der Waals surface area (Å²) in [4.78, 5) is 11.0. The Kier molecular flexibility index (Phi) is 3.70. The highest BCUT2D eigenvalue weighted by atomic mass is 32.2. The second-order valence-corrected chi connectivity index (χ2v) is 4.61. The van der Waals surface area contributed by atoms with Crippen LogP contribution in [0.5, 0.6) is 0 Å². The third kappa shape index (κ3) is 2.93. The summed E-state index contributed by atoms with van der Waals surface area (Å²) < 4.78 is 8.84. The van der Waals surface area contributed by atoms with Crippen LogP contribution in [0.25, 0.3) is 0 Å². The van der Waals surface area contributed by atoms with E-state index in [1.54, 1.807) is 13.8 Å². The van der Waals surface area contributed by atoms with Crippen molar-refractivity contribution in [2.45, 2.75) is 23.8 Å². The molecule has 1 aromatic heterocycles. The number of nitrogens with zero attached hydrogens (tertiary/aromatic N) is 2. The molecule has 0 aromatic carbocycles. The second kappa shape index (κ2) is 4.63. The van der Waals surface area contributed by atoms with Gasteiger partial charge in [0.2, 0.25) is 5.89 Å². The summed E-state index contributed by atoms with van der Waals surface area (Å²) in [6, 6.07) is 0. The van der Waals surface area contributed by atoms with Crippen molar-refractivity contribution in [3.8, 4) is 0 Å². The van der Waals surface area contributed by atoms with Gasteiger partial charge in [-0.15, -0.1) is 10.2 Å². The van der Waals surface area contributed by atoms with Gasteiger partial charge in [0.15, 0.2) is 0 Å². The molecular formula is C8H12N2O4S. The average molecular weight is 232 g/mol. The molecule has 1 N–H and O–H groups in total. The quantitative estimate of drug-likeness (QED) is 0.756. The molecular weight excluding hydrogens is 220 g/mol. The van der Waals surface area contributed by atoms with Gasteiger partial charge in [0.1, 0.15) is 4.75 Å². The van der Waals surface area contributed by atoms with Gasteiger partial charge in [-0.2, -0.15) is 0 Å². The minimum absolute atomic E-state index is 0.0639. The molecule has 6 nitrogen and oxygen atoms in total. The van der Waals surface area contributed by atoms with Crippen LogP contribution in [0.1, 0.15) is 12.8 Å². The highest BCUT2D eigenvalue weighted by Crippen LogP contribution is 2.32. The summed E-state index contributed by atoms with van der Waals surface area (Å²) >= 11 is 0.980. The third-order valence-electron chi connectivity index (χ3n) is 1.69. The number of aliphatic carboxylic acids is 1. The van der Waals surface area contributed by atoms with E-state index in [2.05, 4.69) is 10.2 Å². The summed E-state index contributed by atoms with van der Waals surface area (Å²) in [7, 11) is 1.45. The molecule has 84 valence electrons. The van der Waals surface area contributed by atoms with E-state index < -0.39 is 10.7 Å². The molecule has 1 aromatic rings. The highest BCUT2D eigenvalue weighted by molar-refractivity contribution is 8.01. The van der Waals surface area contributed by atoms with E-state index in [0.717, 1.165) is 11.8 Å². The smallest absolute Gasteiger partial charge is 0.322 e. The molecule has 7 heteroatoms. The lowest BCUT2D eigenvalue weighted by atomic mass is 10.2. The van der Waals surface area contributed by atoms with Crippen molar-refractivity contribution in [1.82, 2.24) is 10.2 Å². The Balaban J connectivity index is 2.79. The molecule has 15 heavy (non-hydrogen) atoms. The fourth-order valence-electron chi connectivity index (χ4n) is 0.923. The minimum Gasteiger partial charge on any atom is -0.480 e. The van der Waals surface area contributed by atoms with Crippen LogP contribution in [0, 0.1) is 6.92 Å². The molecule has 1 unspecified atom stereocenters. The lowest BCUT2D eigenvalue weighted by Crippen LogP contribution is -2.36. The number of carbonyl (C=O) groups is 1. The van der Waals surface area contributed by atoms with Crippen LogP contribution in [-0.2, 0) is 9.53 Å².